The Labute approximate surface area is 97.3 Å². The molecule has 0 aliphatic carbocycles. The van der Waals surface area contributed by atoms with E-state index in [4.69, 9.17) is 9.84 Å². The molecule has 0 amide bonds. The van der Waals surface area contributed by atoms with Crippen LogP contribution in [0.4, 0.5) is 0 Å². The van der Waals surface area contributed by atoms with Crippen LogP contribution >= 0.6 is 0 Å². The van der Waals surface area contributed by atoms with Gasteiger partial charge in [0.05, 0.1) is 7.11 Å². The van der Waals surface area contributed by atoms with Gasteiger partial charge in [-0.15, -0.1) is 0 Å². The molecule has 0 saturated heterocycles. The lowest BCUT2D eigenvalue weighted by molar-refractivity contribution is 0.290. The van der Waals surface area contributed by atoms with Gasteiger partial charge in [0, 0.05) is 18.6 Å². The highest BCUT2D eigenvalue weighted by molar-refractivity contribution is 5.48. The number of aryl methyl sites for hydroxylation is 2. The molecule has 1 N–H and O–H groups in total. The maximum Gasteiger partial charge on any atom is 0.124 e. The molecular formula is C14H18O2. The van der Waals surface area contributed by atoms with Gasteiger partial charge in [-0.3, -0.25) is 0 Å². The van der Waals surface area contributed by atoms with E-state index in [0.717, 1.165) is 35.3 Å². The standard InChI is InChI=1S/C14H18O2/c1-11-9-13(7-5-4-6-8-15)10-12(2)14(11)16-3/h9-10,15H,4,6,8H2,1-3H3. The fraction of sp³-hybridized carbons (Fsp3) is 0.429. The van der Waals surface area contributed by atoms with Crippen LogP contribution in [0.2, 0.25) is 0 Å². The number of benzene rings is 1. The number of rotatable bonds is 3. The van der Waals surface area contributed by atoms with Crippen molar-refractivity contribution in [2.24, 2.45) is 0 Å². The van der Waals surface area contributed by atoms with Gasteiger partial charge < -0.3 is 9.84 Å². The van der Waals surface area contributed by atoms with E-state index in [-0.39, 0.29) is 6.61 Å². The summed E-state index contributed by atoms with van der Waals surface area (Å²) in [4.78, 5) is 0. The SMILES string of the molecule is COc1c(C)cc(C#CCCCO)cc1C. The summed E-state index contributed by atoms with van der Waals surface area (Å²) in [5.74, 6) is 7.07. The Morgan fingerprint density at radius 3 is 2.38 bits per heavy atom. The molecule has 0 unspecified atom stereocenters. The molecule has 0 aromatic heterocycles. The van der Waals surface area contributed by atoms with E-state index in [1.807, 2.05) is 26.0 Å². The van der Waals surface area contributed by atoms with Crippen LogP contribution in [-0.4, -0.2) is 18.8 Å². The van der Waals surface area contributed by atoms with Crippen LogP contribution in [0.1, 0.15) is 29.5 Å². The summed E-state index contributed by atoms with van der Waals surface area (Å²) in [6.07, 6.45) is 1.47. The molecule has 2 heteroatoms. The van der Waals surface area contributed by atoms with E-state index in [2.05, 4.69) is 11.8 Å². The first-order valence-corrected chi connectivity index (χ1v) is 5.44. The van der Waals surface area contributed by atoms with Crippen molar-refractivity contribution in [1.29, 1.82) is 0 Å². The van der Waals surface area contributed by atoms with Gasteiger partial charge in [-0.25, -0.2) is 0 Å². The van der Waals surface area contributed by atoms with Crippen LogP contribution in [0, 0.1) is 25.7 Å². The number of aliphatic hydroxyl groups excluding tert-OH is 1. The lowest BCUT2D eigenvalue weighted by atomic mass is 10.1. The predicted octanol–water partition coefficient (Wildman–Crippen LogP) is 2.44. The highest BCUT2D eigenvalue weighted by atomic mass is 16.5. The van der Waals surface area contributed by atoms with Crippen LogP contribution in [0.3, 0.4) is 0 Å². The van der Waals surface area contributed by atoms with Crippen molar-refractivity contribution in [3.63, 3.8) is 0 Å². The predicted molar refractivity (Wildman–Crippen MR) is 65.7 cm³/mol. The molecule has 0 aliphatic heterocycles. The van der Waals surface area contributed by atoms with Gasteiger partial charge in [0.2, 0.25) is 0 Å². The fourth-order valence-corrected chi connectivity index (χ4v) is 1.68. The first-order valence-electron chi connectivity index (χ1n) is 5.44. The number of methoxy groups -OCH3 is 1. The molecule has 0 aliphatic rings. The monoisotopic (exact) mass is 218 g/mol. The van der Waals surface area contributed by atoms with Gasteiger partial charge in [0.15, 0.2) is 0 Å². The minimum atomic E-state index is 0.204. The average Bonchev–Trinajstić information content (AvgIpc) is 2.24. The number of unbranched alkanes of at least 4 members (excludes halogenated alkanes) is 1. The smallest absolute Gasteiger partial charge is 0.124 e. The second-order valence-electron chi connectivity index (χ2n) is 3.77. The van der Waals surface area contributed by atoms with E-state index in [1.54, 1.807) is 7.11 Å². The summed E-state index contributed by atoms with van der Waals surface area (Å²) in [5.41, 5.74) is 3.22. The van der Waals surface area contributed by atoms with E-state index in [9.17, 15) is 0 Å². The molecule has 0 atom stereocenters. The summed E-state index contributed by atoms with van der Waals surface area (Å²) in [6, 6.07) is 4.05. The highest BCUT2D eigenvalue weighted by Crippen LogP contribution is 2.23. The van der Waals surface area contributed by atoms with Crippen LogP contribution < -0.4 is 4.74 Å². The van der Waals surface area contributed by atoms with E-state index >= 15 is 0 Å². The average molecular weight is 218 g/mol. The van der Waals surface area contributed by atoms with Gasteiger partial charge in [0.25, 0.3) is 0 Å². The Balaban J connectivity index is 2.86. The van der Waals surface area contributed by atoms with Crippen molar-refractivity contribution in [3.05, 3.63) is 28.8 Å². The number of hydrogen-bond donors (Lipinski definition) is 1. The zero-order chi connectivity index (χ0) is 12.0. The minimum absolute atomic E-state index is 0.204. The number of ether oxygens (including phenoxy) is 1. The summed E-state index contributed by atoms with van der Waals surface area (Å²) in [7, 11) is 1.68. The maximum absolute atomic E-state index is 8.64. The van der Waals surface area contributed by atoms with E-state index < -0.39 is 0 Å². The largest absolute Gasteiger partial charge is 0.496 e. The fourth-order valence-electron chi connectivity index (χ4n) is 1.68. The van der Waals surface area contributed by atoms with Crippen molar-refractivity contribution in [2.45, 2.75) is 26.7 Å². The third kappa shape index (κ3) is 3.29. The molecule has 1 aromatic rings. The van der Waals surface area contributed by atoms with Crippen LogP contribution in [0.15, 0.2) is 12.1 Å². The van der Waals surface area contributed by atoms with Gasteiger partial charge in [-0.05, 0) is 43.5 Å². The molecule has 1 rings (SSSR count). The Hall–Kier alpha value is -1.46. The lowest BCUT2D eigenvalue weighted by Crippen LogP contribution is -1.92. The van der Waals surface area contributed by atoms with E-state index in [0.29, 0.717) is 0 Å². The topological polar surface area (TPSA) is 29.5 Å². The summed E-state index contributed by atoms with van der Waals surface area (Å²) >= 11 is 0. The van der Waals surface area contributed by atoms with Crippen molar-refractivity contribution >= 4 is 0 Å². The molecule has 2 nitrogen and oxygen atoms in total. The molecular weight excluding hydrogens is 200 g/mol. The first kappa shape index (κ1) is 12.6. The molecule has 0 radical (unpaired) electrons. The normalized spacial score (nSPS) is 9.50. The van der Waals surface area contributed by atoms with Crippen LogP contribution in [0.25, 0.3) is 0 Å². The number of aliphatic hydroxyl groups is 1. The molecule has 0 saturated carbocycles. The van der Waals surface area contributed by atoms with Crippen molar-refractivity contribution in [3.8, 4) is 17.6 Å². The molecule has 0 fully saturated rings. The molecule has 0 bridgehead atoms. The Morgan fingerprint density at radius 2 is 1.88 bits per heavy atom. The molecule has 1 aromatic carbocycles. The van der Waals surface area contributed by atoms with Gasteiger partial charge in [-0.2, -0.15) is 0 Å². The number of hydrogen-bond acceptors (Lipinski definition) is 2. The highest BCUT2D eigenvalue weighted by Gasteiger charge is 2.03. The summed E-state index contributed by atoms with van der Waals surface area (Å²) < 4.78 is 5.29. The maximum atomic E-state index is 8.64. The minimum Gasteiger partial charge on any atom is -0.496 e. The second kappa shape index (κ2) is 6.19. The third-order valence-electron chi connectivity index (χ3n) is 2.36. The van der Waals surface area contributed by atoms with Crippen LogP contribution in [-0.2, 0) is 0 Å². The summed E-state index contributed by atoms with van der Waals surface area (Å²) in [6.45, 7) is 4.24. The van der Waals surface area contributed by atoms with E-state index in [1.165, 1.54) is 0 Å². The third-order valence-corrected chi connectivity index (χ3v) is 2.36. The van der Waals surface area contributed by atoms with Crippen LogP contribution in [0.5, 0.6) is 5.75 Å². The molecule has 86 valence electrons. The van der Waals surface area contributed by atoms with Crippen molar-refractivity contribution < 1.29 is 9.84 Å². The molecule has 16 heavy (non-hydrogen) atoms. The first-order chi connectivity index (χ1) is 7.69. The zero-order valence-corrected chi connectivity index (χ0v) is 10.1. The van der Waals surface area contributed by atoms with Crippen molar-refractivity contribution in [2.75, 3.05) is 13.7 Å². The zero-order valence-electron chi connectivity index (χ0n) is 10.1. The molecule has 0 heterocycles. The summed E-state index contributed by atoms with van der Waals surface area (Å²) in [5, 5.41) is 8.64. The van der Waals surface area contributed by atoms with Gasteiger partial charge >= 0.3 is 0 Å². The quantitative estimate of drug-likeness (QED) is 0.623. The molecule has 0 spiro atoms. The second-order valence-corrected chi connectivity index (χ2v) is 3.77. The van der Waals surface area contributed by atoms with Crippen molar-refractivity contribution in [1.82, 2.24) is 0 Å². The Morgan fingerprint density at radius 1 is 1.25 bits per heavy atom. The Kier molecular flexibility index (Phi) is 4.88. The Bertz CT molecular complexity index is 387. The van der Waals surface area contributed by atoms with Gasteiger partial charge in [0.1, 0.15) is 5.75 Å². The van der Waals surface area contributed by atoms with Gasteiger partial charge in [-0.1, -0.05) is 11.8 Å². The lowest BCUT2D eigenvalue weighted by Gasteiger charge is -2.08.